The Bertz CT molecular complexity index is 1180. The highest BCUT2D eigenvalue weighted by Gasteiger charge is 2.31. The Labute approximate surface area is 221 Å². The van der Waals surface area contributed by atoms with Crippen molar-refractivity contribution in [3.8, 4) is 0 Å². The average Bonchev–Trinajstić information content (AvgIpc) is 3.29. The van der Waals surface area contributed by atoms with Crippen LogP contribution < -0.4 is 9.62 Å². The van der Waals surface area contributed by atoms with E-state index in [-0.39, 0.29) is 18.5 Å². The number of aryl methyl sites for hydroxylation is 1. The second kappa shape index (κ2) is 11.8. The molecule has 0 radical (unpaired) electrons. The summed E-state index contributed by atoms with van der Waals surface area (Å²) >= 11 is 9.67. The Morgan fingerprint density at radius 1 is 1.17 bits per heavy atom. The summed E-state index contributed by atoms with van der Waals surface area (Å²) in [4.78, 5) is 28.1. The molecule has 1 atom stereocenters. The van der Waals surface area contributed by atoms with Gasteiger partial charge in [0.2, 0.25) is 21.8 Å². The predicted molar refractivity (Wildman–Crippen MR) is 143 cm³/mol. The first kappa shape index (κ1) is 27.5. The van der Waals surface area contributed by atoms with Gasteiger partial charge in [0.15, 0.2) is 0 Å². The van der Waals surface area contributed by atoms with Crippen LogP contribution >= 0.6 is 27.5 Å². The molecule has 2 aromatic rings. The molecule has 1 aliphatic rings. The topological polar surface area (TPSA) is 86.8 Å². The van der Waals surface area contributed by atoms with Crippen molar-refractivity contribution in [2.24, 2.45) is 0 Å². The summed E-state index contributed by atoms with van der Waals surface area (Å²) in [5.41, 5.74) is 1.91. The Morgan fingerprint density at radius 3 is 2.46 bits per heavy atom. The third-order valence-electron chi connectivity index (χ3n) is 6.23. The highest BCUT2D eigenvalue weighted by molar-refractivity contribution is 9.10. The van der Waals surface area contributed by atoms with Crippen LogP contribution in [0.1, 0.15) is 43.7 Å². The molecule has 0 aliphatic heterocycles. The molecule has 2 amide bonds. The van der Waals surface area contributed by atoms with Crippen LogP contribution in [0.25, 0.3) is 0 Å². The number of halogens is 2. The summed E-state index contributed by atoms with van der Waals surface area (Å²) in [6.07, 6.45) is 5.04. The Hall–Kier alpha value is -2.10. The molecular weight excluding hydrogens is 554 g/mol. The molecule has 0 saturated heterocycles. The van der Waals surface area contributed by atoms with Crippen LogP contribution in [0.15, 0.2) is 46.9 Å². The Balaban J connectivity index is 1.89. The first-order valence-corrected chi connectivity index (χ1v) is 14.6. The molecule has 2 aromatic carbocycles. The SMILES string of the molecule is Cc1ccc(N(CC(=O)N(Cc2cccc(Br)c2)[C@@H](C)C(=O)NC2CCCC2)S(C)(=O)=O)cc1Cl. The molecule has 35 heavy (non-hydrogen) atoms. The lowest BCUT2D eigenvalue weighted by Gasteiger charge is -2.32. The van der Waals surface area contributed by atoms with Crippen LogP contribution in [0.3, 0.4) is 0 Å². The molecule has 1 aliphatic carbocycles. The second-order valence-corrected chi connectivity index (χ2v) is 12.3. The van der Waals surface area contributed by atoms with Crippen molar-refractivity contribution in [3.63, 3.8) is 0 Å². The molecule has 190 valence electrons. The number of anilines is 1. The van der Waals surface area contributed by atoms with Crippen LogP contribution in [-0.2, 0) is 26.2 Å². The van der Waals surface area contributed by atoms with Gasteiger partial charge < -0.3 is 10.2 Å². The second-order valence-electron chi connectivity index (χ2n) is 9.02. The number of carbonyl (C=O) groups excluding carboxylic acids is 2. The van der Waals surface area contributed by atoms with Gasteiger partial charge in [-0.2, -0.15) is 0 Å². The number of benzene rings is 2. The standard InChI is InChI=1S/C25H31BrClN3O4S/c1-17-11-12-22(14-23(17)27)30(35(3,33)34)16-24(31)29(15-19-7-6-8-20(26)13-19)18(2)25(32)28-21-9-4-5-10-21/h6-8,11-14,18,21H,4-5,9-10,15-16H2,1-3H3,(H,28,32)/t18-/m0/s1. The van der Waals surface area contributed by atoms with Gasteiger partial charge >= 0.3 is 0 Å². The minimum atomic E-state index is -3.80. The normalized spacial score (nSPS) is 15.0. The lowest BCUT2D eigenvalue weighted by Crippen LogP contribution is -2.52. The summed E-state index contributed by atoms with van der Waals surface area (Å²) in [7, 11) is -3.80. The first-order chi connectivity index (χ1) is 16.5. The molecule has 0 heterocycles. The molecule has 7 nitrogen and oxygen atoms in total. The van der Waals surface area contributed by atoms with Crippen molar-refractivity contribution in [1.29, 1.82) is 0 Å². The lowest BCUT2D eigenvalue weighted by molar-refractivity contribution is -0.139. The van der Waals surface area contributed by atoms with Crippen molar-refractivity contribution in [1.82, 2.24) is 10.2 Å². The van der Waals surface area contributed by atoms with Crippen molar-refractivity contribution < 1.29 is 18.0 Å². The van der Waals surface area contributed by atoms with Crippen LogP contribution in [-0.4, -0.2) is 50.0 Å². The molecule has 10 heteroatoms. The van der Waals surface area contributed by atoms with Crippen LogP contribution in [0.5, 0.6) is 0 Å². The zero-order chi connectivity index (χ0) is 25.8. The summed E-state index contributed by atoms with van der Waals surface area (Å²) in [5.74, 6) is -0.731. The highest BCUT2D eigenvalue weighted by Crippen LogP contribution is 2.26. The van der Waals surface area contributed by atoms with E-state index in [0.29, 0.717) is 10.7 Å². The monoisotopic (exact) mass is 583 g/mol. The van der Waals surface area contributed by atoms with Gasteiger partial charge in [0.1, 0.15) is 12.6 Å². The number of carbonyl (C=O) groups is 2. The maximum atomic E-state index is 13.6. The van der Waals surface area contributed by atoms with Gasteiger partial charge in [0.05, 0.1) is 11.9 Å². The predicted octanol–water partition coefficient (Wildman–Crippen LogP) is 4.65. The molecular formula is C25H31BrClN3O4S. The number of hydrogen-bond donors (Lipinski definition) is 1. The van der Waals surface area contributed by atoms with Crippen LogP contribution in [0.2, 0.25) is 5.02 Å². The Morgan fingerprint density at radius 2 is 1.86 bits per heavy atom. The molecule has 0 spiro atoms. The van der Waals surface area contributed by atoms with Gasteiger partial charge in [-0.1, -0.05) is 58.6 Å². The van der Waals surface area contributed by atoms with E-state index in [1.165, 1.54) is 11.0 Å². The lowest BCUT2D eigenvalue weighted by atomic mass is 10.1. The van der Waals surface area contributed by atoms with E-state index in [4.69, 9.17) is 11.6 Å². The van der Waals surface area contributed by atoms with E-state index in [1.54, 1.807) is 19.1 Å². The number of amides is 2. The smallest absolute Gasteiger partial charge is 0.244 e. The van der Waals surface area contributed by atoms with E-state index >= 15 is 0 Å². The number of nitrogens with zero attached hydrogens (tertiary/aromatic N) is 2. The van der Waals surface area contributed by atoms with Crippen LogP contribution in [0.4, 0.5) is 5.69 Å². The largest absolute Gasteiger partial charge is 0.352 e. The van der Waals surface area contributed by atoms with Crippen molar-refractivity contribution in [2.75, 3.05) is 17.1 Å². The van der Waals surface area contributed by atoms with Gasteiger partial charge in [-0.15, -0.1) is 0 Å². The molecule has 3 rings (SSSR count). The number of hydrogen-bond acceptors (Lipinski definition) is 4. The van der Waals surface area contributed by atoms with Gasteiger partial charge in [-0.05, 0) is 62.1 Å². The summed E-state index contributed by atoms with van der Waals surface area (Å²) in [5, 5.41) is 3.45. The van der Waals surface area contributed by atoms with E-state index < -0.39 is 28.5 Å². The average molecular weight is 585 g/mol. The highest BCUT2D eigenvalue weighted by atomic mass is 79.9. The van der Waals surface area contributed by atoms with Crippen molar-refractivity contribution in [3.05, 3.63) is 63.1 Å². The fourth-order valence-electron chi connectivity index (χ4n) is 4.16. The molecule has 0 bridgehead atoms. The fourth-order valence-corrected chi connectivity index (χ4v) is 5.62. The van der Waals surface area contributed by atoms with E-state index in [0.717, 1.165) is 51.8 Å². The van der Waals surface area contributed by atoms with Crippen LogP contribution in [0, 0.1) is 6.92 Å². The zero-order valence-corrected chi connectivity index (χ0v) is 23.3. The molecule has 0 unspecified atom stereocenters. The van der Waals surface area contributed by atoms with Crippen molar-refractivity contribution in [2.45, 2.75) is 58.2 Å². The summed E-state index contributed by atoms with van der Waals surface area (Å²) in [6, 6.07) is 11.6. The van der Waals surface area contributed by atoms with E-state index in [9.17, 15) is 18.0 Å². The fraction of sp³-hybridized carbons (Fsp3) is 0.440. The summed E-state index contributed by atoms with van der Waals surface area (Å²) < 4.78 is 27.2. The number of nitrogens with one attached hydrogen (secondary N) is 1. The van der Waals surface area contributed by atoms with Gasteiger partial charge in [0.25, 0.3) is 0 Å². The van der Waals surface area contributed by atoms with Crippen molar-refractivity contribution >= 4 is 55.1 Å². The first-order valence-electron chi connectivity index (χ1n) is 11.5. The minimum Gasteiger partial charge on any atom is -0.352 e. The van der Waals surface area contributed by atoms with Gasteiger partial charge in [0, 0.05) is 22.1 Å². The zero-order valence-electron chi connectivity index (χ0n) is 20.1. The third-order valence-corrected chi connectivity index (χ3v) is 8.27. The minimum absolute atomic E-state index is 0.106. The van der Waals surface area contributed by atoms with Gasteiger partial charge in [-0.25, -0.2) is 8.42 Å². The molecule has 1 N–H and O–H groups in total. The quantitative estimate of drug-likeness (QED) is 0.465. The molecule has 0 aromatic heterocycles. The van der Waals surface area contributed by atoms with E-state index in [2.05, 4.69) is 21.2 Å². The third kappa shape index (κ3) is 7.44. The molecule has 1 fully saturated rings. The maximum absolute atomic E-state index is 13.6. The molecule has 1 saturated carbocycles. The van der Waals surface area contributed by atoms with E-state index in [1.807, 2.05) is 31.2 Å². The summed E-state index contributed by atoms with van der Waals surface area (Å²) in [6.45, 7) is 3.19. The van der Waals surface area contributed by atoms with Gasteiger partial charge in [-0.3, -0.25) is 13.9 Å². The number of rotatable bonds is 9. The maximum Gasteiger partial charge on any atom is 0.244 e. The number of sulfonamides is 1. The Kier molecular flexibility index (Phi) is 9.23.